The van der Waals surface area contributed by atoms with Crippen molar-refractivity contribution in [1.29, 1.82) is 0 Å². The molecule has 1 unspecified atom stereocenters. The summed E-state index contributed by atoms with van der Waals surface area (Å²) < 4.78 is 5.15. The monoisotopic (exact) mass is 311 g/mol. The van der Waals surface area contributed by atoms with Gasteiger partial charge in [-0.05, 0) is 23.8 Å². The second-order valence-corrected chi connectivity index (χ2v) is 5.10. The maximum atomic E-state index is 12.3. The van der Waals surface area contributed by atoms with Crippen LogP contribution in [-0.2, 0) is 16.0 Å². The Labute approximate surface area is 131 Å². The first-order valence-corrected chi connectivity index (χ1v) is 6.98. The van der Waals surface area contributed by atoms with E-state index in [9.17, 15) is 14.4 Å². The number of nitrogens with one attached hydrogen (secondary N) is 1. The molecule has 1 heterocycles. The highest BCUT2D eigenvalue weighted by molar-refractivity contribution is 6.03. The maximum absolute atomic E-state index is 12.3. The zero-order valence-electron chi connectivity index (χ0n) is 12.0. The number of aromatic carboxylic acids is 1. The van der Waals surface area contributed by atoms with Gasteiger partial charge in [-0.15, -0.1) is 0 Å². The Balaban J connectivity index is 1.81. The summed E-state index contributed by atoms with van der Waals surface area (Å²) in [6.45, 7) is 0. The van der Waals surface area contributed by atoms with Gasteiger partial charge in [-0.1, -0.05) is 30.3 Å². The van der Waals surface area contributed by atoms with Crippen LogP contribution in [0.2, 0.25) is 0 Å². The Bertz CT molecular complexity index is 799. The number of fused-ring (bicyclic) bond motifs is 1. The second kappa shape index (κ2) is 5.92. The quantitative estimate of drug-likeness (QED) is 0.847. The molecule has 0 aliphatic carbocycles. The third-order valence-electron chi connectivity index (χ3n) is 3.60. The van der Waals surface area contributed by atoms with Gasteiger partial charge in [-0.2, -0.15) is 0 Å². The first kappa shape index (κ1) is 14.8. The number of rotatable bonds is 3. The largest absolute Gasteiger partial charge is 0.478 e. The lowest BCUT2D eigenvalue weighted by Gasteiger charge is -2.24. The molecule has 2 aromatic rings. The Hall–Kier alpha value is -3.15. The van der Waals surface area contributed by atoms with E-state index in [1.165, 1.54) is 12.1 Å². The molecule has 116 valence electrons. The standard InChI is InChI=1S/C17H13NO5/c19-15(18-13-8-4-3-7-12(13)16(20)21)14-9-10-5-1-2-6-11(10)17(22)23-14/h1-8,14H,9H2,(H,18,19)(H,20,21). The third-order valence-corrected chi connectivity index (χ3v) is 3.60. The molecule has 1 atom stereocenters. The smallest absolute Gasteiger partial charge is 0.339 e. The molecule has 0 bridgehead atoms. The summed E-state index contributed by atoms with van der Waals surface area (Å²) in [5, 5.41) is 11.6. The van der Waals surface area contributed by atoms with Crippen LogP contribution in [0.5, 0.6) is 0 Å². The van der Waals surface area contributed by atoms with Crippen LogP contribution in [0.25, 0.3) is 0 Å². The van der Waals surface area contributed by atoms with Crippen molar-refractivity contribution in [3.8, 4) is 0 Å². The number of anilines is 1. The zero-order chi connectivity index (χ0) is 16.4. The Morgan fingerprint density at radius 2 is 1.78 bits per heavy atom. The lowest BCUT2D eigenvalue weighted by atomic mass is 9.98. The Morgan fingerprint density at radius 1 is 1.09 bits per heavy atom. The molecule has 0 spiro atoms. The van der Waals surface area contributed by atoms with Gasteiger partial charge in [0, 0.05) is 6.42 Å². The van der Waals surface area contributed by atoms with Gasteiger partial charge in [0.2, 0.25) is 0 Å². The molecule has 1 amide bonds. The molecular formula is C17H13NO5. The Kier molecular flexibility index (Phi) is 3.80. The van der Waals surface area contributed by atoms with Gasteiger partial charge in [-0.3, -0.25) is 4.79 Å². The number of esters is 1. The van der Waals surface area contributed by atoms with Gasteiger partial charge in [-0.25, -0.2) is 9.59 Å². The first-order valence-electron chi connectivity index (χ1n) is 6.98. The number of hydrogen-bond donors (Lipinski definition) is 2. The number of amides is 1. The zero-order valence-corrected chi connectivity index (χ0v) is 12.0. The summed E-state index contributed by atoms with van der Waals surface area (Å²) in [5.41, 5.74) is 1.32. The van der Waals surface area contributed by atoms with Crippen molar-refractivity contribution < 1.29 is 24.2 Å². The number of benzene rings is 2. The van der Waals surface area contributed by atoms with Crippen LogP contribution < -0.4 is 5.32 Å². The molecule has 0 aromatic heterocycles. The molecule has 3 rings (SSSR count). The van der Waals surface area contributed by atoms with Gasteiger partial charge in [0.25, 0.3) is 5.91 Å². The van der Waals surface area contributed by atoms with Crippen molar-refractivity contribution in [1.82, 2.24) is 0 Å². The number of hydrogen-bond acceptors (Lipinski definition) is 4. The van der Waals surface area contributed by atoms with E-state index in [4.69, 9.17) is 9.84 Å². The van der Waals surface area contributed by atoms with Gasteiger partial charge in [0.15, 0.2) is 6.10 Å². The molecule has 0 fully saturated rings. The maximum Gasteiger partial charge on any atom is 0.339 e. The van der Waals surface area contributed by atoms with Gasteiger partial charge < -0.3 is 15.2 Å². The van der Waals surface area contributed by atoms with Crippen LogP contribution in [0.1, 0.15) is 26.3 Å². The van der Waals surface area contributed by atoms with E-state index in [-0.39, 0.29) is 17.7 Å². The highest BCUT2D eigenvalue weighted by Crippen LogP contribution is 2.22. The second-order valence-electron chi connectivity index (χ2n) is 5.10. The fourth-order valence-corrected chi connectivity index (χ4v) is 2.47. The topological polar surface area (TPSA) is 92.7 Å². The molecular weight excluding hydrogens is 298 g/mol. The van der Waals surface area contributed by atoms with E-state index in [0.29, 0.717) is 5.56 Å². The van der Waals surface area contributed by atoms with Crippen LogP contribution in [0.15, 0.2) is 48.5 Å². The number of ether oxygens (including phenoxy) is 1. The number of carboxylic acid groups (broad SMARTS) is 1. The minimum Gasteiger partial charge on any atom is -0.478 e. The van der Waals surface area contributed by atoms with Crippen LogP contribution in [0, 0.1) is 0 Å². The number of carboxylic acids is 1. The molecule has 1 aliphatic heterocycles. The van der Waals surface area contributed by atoms with Gasteiger partial charge in [0.05, 0.1) is 16.8 Å². The minimum absolute atomic E-state index is 0.0246. The fraction of sp³-hybridized carbons (Fsp3) is 0.118. The normalized spacial score (nSPS) is 16.2. The summed E-state index contributed by atoms with van der Waals surface area (Å²) >= 11 is 0. The molecule has 0 saturated carbocycles. The van der Waals surface area contributed by atoms with Crippen molar-refractivity contribution in [3.05, 3.63) is 65.2 Å². The average molecular weight is 311 g/mol. The van der Waals surface area contributed by atoms with Gasteiger partial charge >= 0.3 is 11.9 Å². The van der Waals surface area contributed by atoms with Crippen LogP contribution in [-0.4, -0.2) is 29.1 Å². The highest BCUT2D eigenvalue weighted by Gasteiger charge is 2.31. The van der Waals surface area contributed by atoms with Crippen LogP contribution in [0.3, 0.4) is 0 Å². The molecule has 23 heavy (non-hydrogen) atoms. The number of para-hydroxylation sites is 1. The number of cyclic esters (lactones) is 1. The number of carbonyl (C=O) groups is 3. The van der Waals surface area contributed by atoms with E-state index < -0.39 is 23.9 Å². The summed E-state index contributed by atoms with van der Waals surface area (Å²) in [6, 6.07) is 13.0. The predicted octanol–water partition coefficient (Wildman–Crippen LogP) is 2.10. The molecule has 2 aromatic carbocycles. The lowest BCUT2D eigenvalue weighted by molar-refractivity contribution is -0.125. The SMILES string of the molecule is O=C1OC(C(=O)Nc2ccccc2C(=O)O)Cc2ccccc21. The molecule has 0 radical (unpaired) electrons. The molecule has 0 saturated heterocycles. The molecule has 6 nitrogen and oxygen atoms in total. The number of carbonyl (C=O) groups excluding carboxylic acids is 2. The van der Waals surface area contributed by atoms with E-state index >= 15 is 0 Å². The average Bonchev–Trinajstić information content (AvgIpc) is 2.55. The summed E-state index contributed by atoms with van der Waals surface area (Å²) in [6.07, 6.45) is -0.734. The predicted molar refractivity (Wildman–Crippen MR) is 81.4 cm³/mol. The van der Waals surface area contributed by atoms with Crippen molar-refractivity contribution in [3.63, 3.8) is 0 Å². The highest BCUT2D eigenvalue weighted by atomic mass is 16.5. The Morgan fingerprint density at radius 3 is 2.57 bits per heavy atom. The van der Waals surface area contributed by atoms with Crippen molar-refractivity contribution >= 4 is 23.5 Å². The van der Waals surface area contributed by atoms with Crippen molar-refractivity contribution in [2.45, 2.75) is 12.5 Å². The molecule has 1 aliphatic rings. The van der Waals surface area contributed by atoms with E-state index in [2.05, 4.69) is 5.32 Å². The van der Waals surface area contributed by atoms with Crippen molar-refractivity contribution in [2.24, 2.45) is 0 Å². The lowest BCUT2D eigenvalue weighted by Crippen LogP contribution is -2.38. The summed E-state index contributed by atoms with van der Waals surface area (Å²) in [7, 11) is 0. The van der Waals surface area contributed by atoms with Gasteiger partial charge in [0.1, 0.15) is 0 Å². The third kappa shape index (κ3) is 2.91. The fourth-order valence-electron chi connectivity index (χ4n) is 2.47. The van der Waals surface area contributed by atoms with Crippen LogP contribution in [0.4, 0.5) is 5.69 Å². The van der Waals surface area contributed by atoms with E-state index in [1.807, 2.05) is 0 Å². The van der Waals surface area contributed by atoms with E-state index in [1.54, 1.807) is 36.4 Å². The first-order chi connectivity index (χ1) is 11.1. The van der Waals surface area contributed by atoms with Crippen LogP contribution >= 0.6 is 0 Å². The molecule has 2 N–H and O–H groups in total. The summed E-state index contributed by atoms with van der Waals surface area (Å²) in [5.74, 6) is -2.26. The summed E-state index contributed by atoms with van der Waals surface area (Å²) in [4.78, 5) is 35.4. The van der Waals surface area contributed by atoms with Crippen molar-refractivity contribution in [2.75, 3.05) is 5.32 Å². The molecule has 6 heteroatoms. The van der Waals surface area contributed by atoms with E-state index in [0.717, 1.165) is 5.56 Å². The minimum atomic E-state index is -1.15.